The Labute approximate surface area is 211 Å². The fraction of sp³-hybridized carbons (Fsp3) is 0.364. The van der Waals surface area contributed by atoms with Crippen LogP contribution in [0.15, 0.2) is 42.9 Å². The molecule has 0 aliphatic heterocycles. The van der Waals surface area contributed by atoms with Crippen molar-refractivity contribution in [1.29, 1.82) is 0 Å². The molecular formula is C22H28N6O7S. The quantitative estimate of drug-likeness (QED) is 0.135. The molecule has 2 rings (SSSR count). The van der Waals surface area contributed by atoms with Crippen molar-refractivity contribution in [2.45, 2.75) is 43.4 Å². The number of nitrogens with one attached hydrogen (secondary N) is 4. The number of carboxylic acid groups (broad SMARTS) is 2. The minimum absolute atomic E-state index is 0.0229. The summed E-state index contributed by atoms with van der Waals surface area (Å²) in [6.45, 7) is 0. The monoisotopic (exact) mass is 520 g/mol. The molecule has 4 atom stereocenters. The number of aliphatic carboxylic acids is 2. The molecule has 8 N–H and O–H groups in total. The zero-order chi connectivity index (χ0) is 26.7. The highest BCUT2D eigenvalue weighted by Gasteiger charge is 2.30. The van der Waals surface area contributed by atoms with Gasteiger partial charge in [0.1, 0.15) is 18.1 Å². The maximum absolute atomic E-state index is 13.0. The van der Waals surface area contributed by atoms with Gasteiger partial charge in [-0.05, 0) is 5.56 Å². The smallest absolute Gasteiger partial charge is 0.326 e. The van der Waals surface area contributed by atoms with Gasteiger partial charge in [0.05, 0.1) is 18.8 Å². The number of aromatic nitrogens is 2. The molecule has 0 saturated heterocycles. The molecule has 3 amide bonds. The minimum atomic E-state index is -1.40. The number of rotatable bonds is 14. The molecule has 2 aromatic rings. The van der Waals surface area contributed by atoms with Crippen molar-refractivity contribution in [1.82, 2.24) is 25.9 Å². The van der Waals surface area contributed by atoms with Crippen LogP contribution < -0.4 is 21.7 Å². The Morgan fingerprint density at radius 3 is 2.08 bits per heavy atom. The molecule has 36 heavy (non-hydrogen) atoms. The van der Waals surface area contributed by atoms with Crippen molar-refractivity contribution in [3.63, 3.8) is 0 Å². The maximum Gasteiger partial charge on any atom is 0.326 e. The predicted molar refractivity (Wildman–Crippen MR) is 130 cm³/mol. The minimum Gasteiger partial charge on any atom is -0.481 e. The highest BCUT2D eigenvalue weighted by molar-refractivity contribution is 7.80. The molecular weight excluding hydrogens is 492 g/mol. The number of amides is 3. The van der Waals surface area contributed by atoms with Gasteiger partial charge in [-0.2, -0.15) is 12.6 Å². The van der Waals surface area contributed by atoms with Crippen molar-refractivity contribution in [3.8, 4) is 0 Å². The van der Waals surface area contributed by atoms with E-state index in [1.165, 1.54) is 12.5 Å². The van der Waals surface area contributed by atoms with Crippen LogP contribution in [0, 0.1) is 0 Å². The molecule has 0 saturated carbocycles. The molecule has 0 radical (unpaired) electrons. The van der Waals surface area contributed by atoms with Crippen molar-refractivity contribution in [3.05, 3.63) is 54.1 Å². The van der Waals surface area contributed by atoms with Gasteiger partial charge in [-0.25, -0.2) is 9.78 Å². The third kappa shape index (κ3) is 9.03. The van der Waals surface area contributed by atoms with Gasteiger partial charge >= 0.3 is 11.9 Å². The lowest BCUT2D eigenvalue weighted by molar-refractivity contribution is -0.142. The topological polar surface area (TPSA) is 217 Å². The van der Waals surface area contributed by atoms with Gasteiger partial charge in [0.25, 0.3) is 0 Å². The van der Waals surface area contributed by atoms with Crippen LogP contribution in [0.25, 0.3) is 0 Å². The second-order valence-electron chi connectivity index (χ2n) is 7.88. The number of carboxylic acids is 2. The van der Waals surface area contributed by atoms with E-state index in [1.807, 2.05) is 0 Å². The summed E-state index contributed by atoms with van der Waals surface area (Å²) in [6, 6.07) is 3.56. The molecule has 0 aliphatic carbocycles. The molecule has 0 spiro atoms. The summed E-state index contributed by atoms with van der Waals surface area (Å²) in [4.78, 5) is 67.3. The van der Waals surface area contributed by atoms with E-state index in [0.29, 0.717) is 11.3 Å². The summed E-state index contributed by atoms with van der Waals surface area (Å²) >= 11 is 4.09. The van der Waals surface area contributed by atoms with E-state index in [0.717, 1.165) is 0 Å². The summed E-state index contributed by atoms with van der Waals surface area (Å²) in [5.41, 5.74) is 6.75. The summed E-state index contributed by atoms with van der Waals surface area (Å²) in [6.07, 6.45) is 2.10. The van der Waals surface area contributed by atoms with Crippen LogP contribution in [-0.4, -0.2) is 79.8 Å². The molecule has 0 fully saturated rings. The number of benzene rings is 1. The second-order valence-corrected chi connectivity index (χ2v) is 8.24. The zero-order valence-electron chi connectivity index (χ0n) is 19.1. The number of nitrogens with two attached hydrogens (primary N) is 1. The lowest BCUT2D eigenvalue weighted by Gasteiger charge is -2.24. The van der Waals surface area contributed by atoms with Crippen LogP contribution in [0.2, 0.25) is 0 Å². The van der Waals surface area contributed by atoms with Gasteiger partial charge in [0, 0.05) is 30.5 Å². The van der Waals surface area contributed by atoms with Crippen LogP contribution >= 0.6 is 12.6 Å². The van der Waals surface area contributed by atoms with Crippen LogP contribution in [-0.2, 0) is 36.8 Å². The van der Waals surface area contributed by atoms with E-state index in [1.54, 1.807) is 30.3 Å². The Hall–Kier alpha value is -3.91. The molecule has 1 heterocycles. The third-order valence-corrected chi connectivity index (χ3v) is 5.42. The first-order chi connectivity index (χ1) is 17.1. The summed E-state index contributed by atoms with van der Waals surface area (Å²) < 4.78 is 0. The Balaban J connectivity index is 2.10. The van der Waals surface area contributed by atoms with Crippen molar-refractivity contribution < 1.29 is 34.2 Å². The number of nitrogens with zero attached hydrogens (tertiary/aromatic N) is 1. The summed E-state index contributed by atoms with van der Waals surface area (Å²) in [7, 11) is 0. The summed E-state index contributed by atoms with van der Waals surface area (Å²) in [5.74, 6) is -5.16. The fourth-order valence-electron chi connectivity index (χ4n) is 3.17. The third-order valence-electron chi connectivity index (χ3n) is 5.06. The number of imidazole rings is 1. The van der Waals surface area contributed by atoms with Gasteiger partial charge in [-0.1, -0.05) is 30.3 Å². The van der Waals surface area contributed by atoms with Gasteiger partial charge in [0.2, 0.25) is 17.7 Å². The predicted octanol–water partition coefficient (Wildman–Crippen LogP) is -1.53. The molecule has 0 aliphatic rings. The first-order valence-corrected chi connectivity index (χ1v) is 11.5. The largest absolute Gasteiger partial charge is 0.481 e. The number of aromatic amines is 1. The average molecular weight is 521 g/mol. The zero-order valence-corrected chi connectivity index (χ0v) is 20.0. The number of H-pyrrole nitrogens is 1. The first-order valence-electron chi connectivity index (χ1n) is 10.8. The Morgan fingerprint density at radius 2 is 1.53 bits per heavy atom. The van der Waals surface area contributed by atoms with Gasteiger partial charge in [-0.15, -0.1) is 0 Å². The van der Waals surface area contributed by atoms with E-state index in [-0.39, 0.29) is 18.6 Å². The Bertz CT molecular complexity index is 1050. The normalized spacial score (nSPS) is 14.1. The van der Waals surface area contributed by atoms with Crippen LogP contribution in [0.5, 0.6) is 0 Å². The van der Waals surface area contributed by atoms with E-state index in [2.05, 4.69) is 38.5 Å². The lowest BCUT2D eigenvalue weighted by atomic mass is 10.1. The molecule has 194 valence electrons. The molecule has 14 heteroatoms. The fourth-order valence-corrected chi connectivity index (χ4v) is 3.43. The van der Waals surface area contributed by atoms with Crippen molar-refractivity contribution >= 4 is 42.3 Å². The van der Waals surface area contributed by atoms with Crippen LogP contribution in [0.4, 0.5) is 0 Å². The average Bonchev–Trinajstić information content (AvgIpc) is 3.34. The number of carbonyl (C=O) groups is 5. The highest BCUT2D eigenvalue weighted by atomic mass is 32.1. The van der Waals surface area contributed by atoms with E-state index in [9.17, 15) is 29.1 Å². The van der Waals surface area contributed by atoms with E-state index < -0.39 is 60.2 Å². The Kier molecular flexibility index (Phi) is 10.9. The standard InChI is InChI=1S/C22H28N6O7S/c23-14(8-18(29)30)19(31)26-15(7-13-9-24-11-25-13)20(32)28-17(10-36)21(33)27-16(22(34)35)6-12-4-2-1-3-5-12/h1-5,9,11,14-17,36H,6-8,10,23H2,(H,24,25)(H,26,31)(H,27,33)(H,28,32)(H,29,30)(H,34,35). The number of hydrogen-bond donors (Lipinski definition) is 8. The molecule has 4 unspecified atom stereocenters. The number of carbonyl (C=O) groups excluding carboxylic acids is 3. The van der Waals surface area contributed by atoms with Crippen LogP contribution in [0.1, 0.15) is 17.7 Å². The molecule has 0 bridgehead atoms. The van der Waals surface area contributed by atoms with Gasteiger partial charge < -0.3 is 36.9 Å². The Morgan fingerprint density at radius 1 is 0.917 bits per heavy atom. The van der Waals surface area contributed by atoms with E-state index in [4.69, 9.17) is 10.8 Å². The summed E-state index contributed by atoms with van der Waals surface area (Å²) in [5, 5.41) is 25.6. The lowest BCUT2D eigenvalue weighted by Crippen LogP contribution is -2.58. The SMILES string of the molecule is NC(CC(=O)O)C(=O)NC(Cc1cnc[nH]1)C(=O)NC(CS)C(=O)NC(Cc1ccccc1)C(=O)O. The second kappa shape index (κ2) is 13.8. The molecule has 1 aromatic carbocycles. The van der Waals surface area contributed by atoms with Crippen LogP contribution in [0.3, 0.4) is 0 Å². The number of thiol groups is 1. The molecule has 1 aromatic heterocycles. The van der Waals surface area contributed by atoms with Gasteiger partial charge in [0.15, 0.2) is 0 Å². The maximum atomic E-state index is 13.0. The highest BCUT2D eigenvalue weighted by Crippen LogP contribution is 2.05. The van der Waals surface area contributed by atoms with Crippen molar-refractivity contribution in [2.24, 2.45) is 5.73 Å². The first kappa shape index (κ1) is 28.3. The van der Waals surface area contributed by atoms with Gasteiger partial charge in [-0.3, -0.25) is 19.2 Å². The van der Waals surface area contributed by atoms with Crippen molar-refractivity contribution in [2.75, 3.05) is 5.75 Å². The number of hydrogen-bond acceptors (Lipinski definition) is 8. The molecule has 13 nitrogen and oxygen atoms in total. The van der Waals surface area contributed by atoms with E-state index >= 15 is 0 Å².